The largest absolute Gasteiger partial charge is 0.478 e. The molecule has 4 heteroatoms. The molecule has 0 aliphatic rings. The normalized spacial score (nSPS) is 14.4. The Morgan fingerprint density at radius 1 is 1.12 bits per heavy atom. The Labute approximate surface area is 113 Å². The number of hydrogen-bond acceptors (Lipinski definition) is 3. The predicted molar refractivity (Wildman–Crippen MR) is 77.7 cm³/mol. The summed E-state index contributed by atoms with van der Waals surface area (Å²) in [5, 5.41) is 9.51. The van der Waals surface area contributed by atoms with Gasteiger partial charge in [0.25, 0.3) is 0 Å². The summed E-state index contributed by atoms with van der Waals surface area (Å²) in [4.78, 5) is 11.0. The molecule has 1 aromatic carbocycles. The van der Waals surface area contributed by atoms with E-state index in [1.54, 1.807) is 12.1 Å². The van der Waals surface area contributed by atoms with Crippen molar-refractivity contribution < 1.29 is 9.90 Å². The fourth-order valence-corrected chi connectivity index (χ4v) is 2.23. The maximum Gasteiger partial charge on any atom is 0.335 e. The van der Waals surface area contributed by atoms with Crippen LogP contribution < -0.4 is 0 Å². The van der Waals surface area contributed by atoms with Gasteiger partial charge in [-0.15, -0.1) is 0 Å². The highest BCUT2D eigenvalue weighted by Crippen LogP contribution is 2.16. The van der Waals surface area contributed by atoms with E-state index in [0.717, 1.165) is 24.0 Å². The number of carboxylic acids is 1. The van der Waals surface area contributed by atoms with Crippen LogP contribution in [-0.2, 0) is 12.8 Å². The molecule has 0 bridgehead atoms. The van der Waals surface area contributed by atoms with Gasteiger partial charge in [-0.3, -0.25) is 0 Å². The molecule has 0 amide bonds. The Kier molecular flexibility index (Phi) is 5.40. The zero-order valence-corrected chi connectivity index (χ0v) is 11.8. The van der Waals surface area contributed by atoms with Crippen molar-refractivity contribution in [1.82, 2.24) is 0 Å². The van der Waals surface area contributed by atoms with Crippen LogP contribution >= 0.6 is 25.3 Å². The average Bonchev–Trinajstić information content (AvgIpc) is 2.14. The molecule has 2 atom stereocenters. The zero-order valence-electron chi connectivity index (χ0n) is 10.1. The van der Waals surface area contributed by atoms with E-state index in [9.17, 15) is 4.79 Å². The Morgan fingerprint density at radius 3 is 1.82 bits per heavy atom. The summed E-state index contributed by atoms with van der Waals surface area (Å²) < 4.78 is 0. The summed E-state index contributed by atoms with van der Waals surface area (Å²) in [5.41, 5.74) is 2.40. The molecular weight excluding hydrogens is 252 g/mol. The van der Waals surface area contributed by atoms with Crippen LogP contribution in [-0.4, -0.2) is 21.6 Å². The SMILES string of the molecule is CC(S)Cc1cc(CC(C)S)cc(C(=O)O)c1. The fourth-order valence-electron chi connectivity index (χ4n) is 1.80. The predicted octanol–water partition coefficient (Wildman–Crippen LogP) is 3.11. The van der Waals surface area contributed by atoms with Crippen molar-refractivity contribution in [2.24, 2.45) is 0 Å². The molecule has 0 spiro atoms. The molecule has 0 saturated carbocycles. The summed E-state index contributed by atoms with van der Waals surface area (Å²) in [7, 11) is 0. The monoisotopic (exact) mass is 270 g/mol. The lowest BCUT2D eigenvalue weighted by Gasteiger charge is -2.10. The smallest absolute Gasteiger partial charge is 0.335 e. The van der Waals surface area contributed by atoms with E-state index in [0.29, 0.717) is 5.56 Å². The Morgan fingerprint density at radius 2 is 1.53 bits per heavy atom. The molecule has 94 valence electrons. The third-order valence-electron chi connectivity index (χ3n) is 2.36. The number of aromatic carboxylic acids is 1. The number of thiol groups is 2. The third kappa shape index (κ3) is 5.04. The molecule has 0 aliphatic carbocycles. The van der Waals surface area contributed by atoms with Gasteiger partial charge in [0.15, 0.2) is 0 Å². The Hall–Kier alpha value is -0.610. The van der Waals surface area contributed by atoms with Crippen LogP contribution in [0, 0.1) is 0 Å². The number of carboxylic acid groups (broad SMARTS) is 1. The minimum atomic E-state index is -0.883. The maximum absolute atomic E-state index is 11.0. The van der Waals surface area contributed by atoms with E-state index < -0.39 is 5.97 Å². The quantitative estimate of drug-likeness (QED) is 0.719. The van der Waals surface area contributed by atoms with Gasteiger partial charge in [0.1, 0.15) is 0 Å². The van der Waals surface area contributed by atoms with E-state index in [4.69, 9.17) is 5.11 Å². The van der Waals surface area contributed by atoms with Gasteiger partial charge in [-0.1, -0.05) is 19.9 Å². The zero-order chi connectivity index (χ0) is 13.0. The first kappa shape index (κ1) is 14.5. The van der Waals surface area contributed by atoms with Gasteiger partial charge >= 0.3 is 5.97 Å². The first-order valence-corrected chi connectivity index (χ1v) is 6.64. The molecule has 0 aromatic heterocycles. The van der Waals surface area contributed by atoms with Crippen molar-refractivity contribution in [3.05, 3.63) is 34.9 Å². The number of carbonyl (C=O) groups is 1. The van der Waals surface area contributed by atoms with Gasteiger partial charge in [-0.25, -0.2) is 4.79 Å². The Balaban J connectivity index is 3.04. The van der Waals surface area contributed by atoms with Crippen molar-refractivity contribution in [3.63, 3.8) is 0 Å². The van der Waals surface area contributed by atoms with Crippen molar-refractivity contribution in [2.45, 2.75) is 37.2 Å². The summed E-state index contributed by atoms with van der Waals surface area (Å²) in [6, 6.07) is 5.50. The standard InChI is InChI=1S/C13H18O2S2/c1-8(16)3-10-5-11(4-9(2)17)7-12(6-10)13(14)15/h5-9,16-17H,3-4H2,1-2H3,(H,14,15). The van der Waals surface area contributed by atoms with E-state index in [1.165, 1.54) is 0 Å². The van der Waals surface area contributed by atoms with Gasteiger partial charge in [0, 0.05) is 10.5 Å². The third-order valence-corrected chi connectivity index (χ3v) is 2.73. The minimum absolute atomic E-state index is 0.223. The van der Waals surface area contributed by atoms with Crippen LogP contribution in [0.4, 0.5) is 0 Å². The van der Waals surface area contributed by atoms with Gasteiger partial charge < -0.3 is 5.11 Å². The van der Waals surface area contributed by atoms with E-state index in [-0.39, 0.29) is 10.5 Å². The van der Waals surface area contributed by atoms with Crippen LogP contribution in [0.25, 0.3) is 0 Å². The molecule has 1 N–H and O–H groups in total. The molecule has 17 heavy (non-hydrogen) atoms. The molecule has 1 rings (SSSR count). The van der Waals surface area contributed by atoms with Gasteiger partial charge in [0.05, 0.1) is 5.56 Å². The van der Waals surface area contributed by atoms with E-state index in [2.05, 4.69) is 25.3 Å². The summed E-state index contributed by atoms with van der Waals surface area (Å²) >= 11 is 8.67. The van der Waals surface area contributed by atoms with E-state index in [1.807, 2.05) is 19.9 Å². The molecule has 1 aromatic rings. The second-order valence-electron chi connectivity index (χ2n) is 4.45. The fraction of sp³-hybridized carbons (Fsp3) is 0.462. The molecular formula is C13H18O2S2. The number of rotatable bonds is 5. The van der Waals surface area contributed by atoms with Gasteiger partial charge in [0.2, 0.25) is 0 Å². The minimum Gasteiger partial charge on any atom is -0.478 e. The van der Waals surface area contributed by atoms with Crippen molar-refractivity contribution in [1.29, 1.82) is 0 Å². The van der Waals surface area contributed by atoms with Crippen molar-refractivity contribution >= 4 is 31.2 Å². The summed E-state index contributed by atoms with van der Waals surface area (Å²) in [6.45, 7) is 3.99. The number of hydrogen-bond donors (Lipinski definition) is 3. The van der Waals surface area contributed by atoms with Crippen molar-refractivity contribution in [3.8, 4) is 0 Å². The Bertz CT molecular complexity index is 372. The summed E-state index contributed by atoms with van der Waals surface area (Å²) in [6.07, 6.45) is 1.55. The second-order valence-corrected chi connectivity index (χ2v) is 6.21. The summed E-state index contributed by atoms with van der Waals surface area (Å²) in [5.74, 6) is -0.883. The van der Waals surface area contributed by atoms with Crippen LogP contribution in [0.15, 0.2) is 18.2 Å². The average molecular weight is 270 g/mol. The van der Waals surface area contributed by atoms with Crippen LogP contribution in [0.1, 0.15) is 35.3 Å². The molecule has 0 aliphatic heterocycles. The molecule has 2 nitrogen and oxygen atoms in total. The van der Waals surface area contributed by atoms with Crippen LogP contribution in [0.3, 0.4) is 0 Å². The van der Waals surface area contributed by atoms with Gasteiger partial charge in [-0.2, -0.15) is 25.3 Å². The highest BCUT2D eigenvalue weighted by atomic mass is 32.1. The molecule has 0 radical (unpaired) electrons. The lowest BCUT2D eigenvalue weighted by Crippen LogP contribution is -2.05. The first-order valence-electron chi connectivity index (χ1n) is 5.60. The van der Waals surface area contributed by atoms with Crippen LogP contribution in [0.2, 0.25) is 0 Å². The maximum atomic E-state index is 11.0. The van der Waals surface area contributed by atoms with E-state index >= 15 is 0 Å². The molecule has 0 fully saturated rings. The second kappa shape index (κ2) is 6.36. The lowest BCUT2D eigenvalue weighted by molar-refractivity contribution is 0.0696. The first-order chi connectivity index (χ1) is 7.88. The topological polar surface area (TPSA) is 37.3 Å². The highest BCUT2D eigenvalue weighted by Gasteiger charge is 2.09. The molecule has 0 saturated heterocycles. The van der Waals surface area contributed by atoms with Crippen LogP contribution in [0.5, 0.6) is 0 Å². The van der Waals surface area contributed by atoms with Crippen molar-refractivity contribution in [2.75, 3.05) is 0 Å². The molecule has 0 heterocycles. The lowest BCUT2D eigenvalue weighted by atomic mass is 10.00. The number of benzene rings is 1. The highest BCUT2D eigenvalue weighted by molar-refractivity contribution is 7.81. The van der Waals surface area contributed by atoms with Gasteiger partial charge in [-0.05, 0) is 36.1 Å². The molecule has 2 unspecified atom stereocenters.